The second-order valence-electron chi connectivity index (χ2n) is 3.30. The summed E-state index contributed by atoms with van der Waals surface area (Å²) >= 11 is 0. The van der Waals surface area contributed by atoms with Gasteiger partial charge < -0.3 is 5.43 Å². The van der Waals surface area contributed by atoms with Crippen molar-refractivity contribution < 1.29 is 0 Å². The minimum Gasteiger partial charge on any atom is -0.305 e. The van der Waals surface area contributed by atoms with Crippen LogP contribution in [0.3, 0.4) is 0 Å². The molecule has 1 aromatic carbocycles. The molecule has 0 atom stereocenters. The van der Waals surface area contributed by atoms with Gasteiger partial charge in [0.05, 0.1) is 12.3 Å². The molecule has 0 spiro atoms. The van der Waals surface area contributed by atoms with Crippen molar-refractivity contribution in [3.05, 3.63) is 48.0 Å². The second kappa shape index (κ2) is 5.22. The van der Waals surface area contributed by atoms with Gasteiger partial charge >= 0.3 is 0 Å². The lowest BCUT2D eigenvalue weighted by atomic mass is 10.2. The van der Waals surface area contributed by atoms with Crippen LogP contribution in [0.2, 0.25) is 0 Å². The Kier molecular flexibility index (Phi) is 3.92. The molecule has 0 saturated carbocycles. The van der Waals surface area contributed by atoms with Crippen LogP contribution in [0.1, 0.15) is 19.4 Å². The van der Waals surface area contributed by atoms with Crippen LogP contribution in [0.4, 0.5) is 0 Å². The Hall–Kier alpha value is -1.57. The Labute approximate surface area is 85.3 Å². The van der Waals surface area contributed by atoms with Crippen LogP contribution in [0.15, 0.2) is 47.6 Å². The number of hydrogen-bond donors (Lipinski definition) is 1. The van der Waals surface area contributed by atoms with Crippen LogP contribution in [0.5, 0.6) is 0 Å². The number of nitrogens with one attached hydrogen (secondary N) is 1. The molecule has 1 N–H and O–H groups in total. The van der Waals surface area contributed by atoms with Crippen LogP contribution < -0.4 is 5.43 Å². The van der Waals surface area contributed by atoms with E-state index in [1.54, 1.807) is 0 Å². The Balaban J connectivity index is 2.43. The fourth-order valence-corrected chi connectivity index (χ4v) is 0.941. The van der Waals surface area contributed by atoms with Crippen molar-refractivity contribution in [3.63, 3.8) is 0 Å². The highest BCUT2D eigenvalue weighted by molar-refractivity contribution is 5.96. The molecule has 0 heterocycles. The first kappa shape index (κ1) is 10.5. The minimum atomic E-state index is 0.755. The molecule has 0 aromatic heterocycles. The second-order valence-corrected chi connectivity index (χ2v) is 3.30. The number of benzene rings is 1. The van der Waals surface area contributed by atoms with Gasteiger partial charge in [-0.2, -0.15) is 5.10 Å². The van der Waals surface area contributed by atoms with Gasteiger partial charge in [-0.3, -0.25) is 0 Å². The van der Waals surface area contributed by atoms with Gasteiger partial charge in [0.25, 0.3) is 0 Å². The van der Waals surface area contributed by atoms with E-state index in [-0.39, 0.29) is 0 Å². The van der Waals surface area contributed by atoms with Crippen LogP contribution in [-0.2, 0) is 6.54 Å². The van der Waals surface area contributed by atoms with E-state index < -0.39 is 0 Å². The Bertz CT molecular complexity index is 325. The van der Waals surface area contributed by atoms with Crippen molar-refractivity contribution in [2.45, 2.75) is 20.4 Å². The molecule has 0 fully saturated rings. The molecule has 0 aliphatic rings. The highest BCUT2D eigenvalue weighted by Crippen LogP contribution is 1.97. The summed E-state index contributed by atoms with van der Waals surface area (Å²) in [5.41, 5.74) is 6.17. The Morgan fingerprint density at radius 2 is 1.93 bits per heavy atom. The molecule has 0 aliphatic carbocycles. The predicted molar refractivity (Wildman–Crippen MR) is 61.2 cm³/mol. The molecule has 1 rings (SSSR count). The van der Waals surface area contributed by atoms with Crippen molar-refractivity contribution in [1.82, 2.24) is 5.43 Å². The van der Waals surface area contributed by atoms with E-state index in [1.807, 2.05) is 32.0 Å². The third-order valence-corrected chi connectivity index (χ3v) is 1.99. The molecule has 74 valence electrons. The molecule has 0 amide bonds. The van der Waals surface area contributed by atoms with E-state index in [0.717, 1.165) is 17.8 Å². The average Bonchev–Trinajstić information content (AvgIpc) is 2.19. The molecule has 2 nitrogen and oxygen atoms in total. The Morgan fingerprint density at radius 3 is 2.50 bits per heavy atom. The fourth-order valence-electron chi connectivity index (χ4n) is 0.941. The normalized spacial score (nSPS) is 11.1. The summed E-state index contributed by atoms with van der Waals surface area (Å²) in [6.07, 6.45) is 0. The van der Waals surface area contributed by atoms with Crippen LogP contribution in [0.25, 0.3) is 0 Å². The third-order valence-electron chi connectivity index (χ3n) is 1.99. The van der Waals surface area contributed by atoms with Crippen molar-refractivity contribution in [2.75, 3.05) is 0 Å². The third kappa shape index (κ3) is 3.44. The zero-order valence-electron chi connectivity index (χ0n) is 8.75. The summed E-state index contributed by atoms with van der Waals surface area (Å²) in [6.45, 7) is 8.46. The van der Waals surface area contributed by atoms with Gasteiger partial charge in [0, 0.05) is 0 Å². The van der Waals surface area contributed by atoms with Crippen molar-refractivity contribution in [3.8, 4) is 0 Å². The summed E-state index contributed by atoms with van der Waals surface area (Å²) in [4.78, 5) is 0. The quantitative estimate of drug-likeness (QED) is 0.570. The van der Waals surface area contributed by atoms with Gasteiger partial charge in [0.2, 0.25) is 0 Å². The molecule has 1 aromatic rings. The van der Waals surface area contributed by atoms with E-state index in [2.05, 4.69) is 29.2 Å². The first-order chi connectivity index (χ1) is 6.70. The lowest BCUT2D eigenvalue weighted by molar-refractivity contribution is 0.743. The lowest BCUT2D eigenvalue weighted by Gasteiger charge is -2.02. The molecule has 0 radical (unpaired) electrons. The number of hydrogen-bond acceptors (Lipinski definition) is 2. The van der Waals surface area contributed by atoms with E-state index in [0.29, 0.717) is 0 Å². The smallest absolute Gasteiger partial charge is 0.0595 e. The van der Waals surface area contributed by atoms with Crippen LogP contribution in [-0.4, -0.2) is 5.71 Å². The number of allylic oxidation sites excluding steroid dienone is 1. The van der Waals surface area contributed by atoms with Crippen LogP contribution in [0, 0.1) is 0 Å². The summed E-state index contributed by atoms with van der Waals surface area (Å²) in [7, 11) is 0. The summed E-state index contributed by atoms with van der Waals surface area (Å²) in [6, 6.07) is 10.2. The van der Waals surface area contributed by atoms with Crippen molar-refractivity contribution in [1.29, 1.82) is 0 Å². The molecule has 2 heteroatoms. The van der Waals surface area contributed by atoms with Crippen molar-refractivity contribution in [2.24, 2.45) is 5.10 Å². The largest absolute Gasteiger partial charge is 0.305 e. The van der Waals surface area contributed by atoms with Gasteiger partial charge in [-0.05, 0) is 25.0 Å². The highest BCUT2D eigenvalue weighted by atomic mass is 15.3. The van der Waals surface area contributed by atoms with E-state index in [9.17, 15) is 0 Å². The number of nitrogens with zero attached hydrogens (tertiary/aromatic N) is 1. The molecule has 0 saturated heterocycles. The average molecular weight is 188 g/mol. The molecular weight excluding hydrogens is 172 g/mol. The van der Waals surface area contributed by atoms with Gasteiger partial charge in [0.1, 0.15) is 0 Å². The highest BCUT2D eigenvalue weighted by Gasteiger charge is 1.91. The minimum absolute atomic E-state index is 0.755. The maximum Gasteiger partial charge on any atom is 0.0595 e. The van der Waals surface area contributed by atoms with E-state index in [1.165, 1.54) is 5.56 Å². The first-order valence-electron chi connectivity index (χ1n) is 4.67. The fraction of sp³-hybridized carbons (Fsp3) is 0.250. The number of hydrazone groups is 1. The topological polar surface area (TPSA) is 24.4 Å². The van der Waals surface area contributed by atoms with Crippen molar-refractivity contribution >= 4 is 5.71 Å². The molecule has 0 unspecified atom stereocenters. The standard InChI is InChI=1S/C12H16N2/c1-10(2)11(3)14-13-9-12-7-5-4-6-8-12/h4-8,13H,1,9H2,2-3H3. The van der Waals surface area contributed by atoms with Gasteiger partial charge in [-0.1, -0.05) is 36.9 Å². The summed E-state index contributed by atoms with van der Waals surface area (Å²) in [5, 5.41) is 4.19. The van der Waals surface area contributed by atoms with Crippen LogP contribution >= 0.6 is 0 Å². The first-order valence-corrected chi connectivity index (χ1v) is 4.67. The van der Waals surface area contributed by atoms with Gasteiger partial charge in [-0.25, -0.2) is 0 Å². The van der Waals surface area contributed by atoms with E-state index >= 15 is 0 Å². The molecule has 0 bridgehead atoms. The molecule has 14 heavy (non-hydrogen) atoms. The van der Waals surface area contributed by atoms with E-state index in [4.69, 9.17) is 0 Å². The maximum atomic E-state index is 4.19. The zero-order valence-corrected chi connectivity index (χ0v) is 8.75. The SMILES string of the molecule is C=C(C)C(C)=NNCc1ccccc1. The molecule has 0 aliphatic heterocycles. The monoisotopic (exact) mass is 188 g/mol. The lowest BCUT2D eigenvalue weighted by Crippen LogP contribution is -2.08. The summed E-state index contributed by atoms with van der Waals surface area (Å²) < 4.78 is 0. The number of rotatable bonds is 4. The van der Waals surface area contributed by atoms with Gasteiger partial charge in [0.15, 0.2) is 0 Å². The summed E-state index contributed by atoms with van der Waals surface area (Å²) in [5.74, 6) is 0. The Morgan fingerprint density at radius 1 is 1.29 bits per heavy atom. The zero-order chi connectivity index (χ0) is 10.4. The molecular formula is C12H16N2. The predicted octanol–water partition coefficient (Wildman–Crippen LogP) is 2.73. The maximum absolute atomic E-state index is 4.19. The van der Waals surface area contributed by atoms with Gasteiger partial charge in [-0.15, -0.1) is 0 Å².